The second kappa shape index (κ2) is 6.24. The van der Waals surface area contributed by atoms with E-state index in [2.05, 4.69) is 0 Å². The maximum atomic E-state index is 13.5. The molecule has 0 atom stereocenters. The van der Waals surface area contributed by atoms with Gasteiger partial charge in [-0.2, -0.15) is 31.6 Å². The normalized spacial score (nSPS) is 12.1. The molecule has 0 saturated carbocycles. The van der Waals surface area contributed by atoms with E-state index in [1.54, 1.807) is 9.69 Å². The van der Waals surface area contributed by atoms with Gasteiger partial charge in [-0.25, -0.2) is 8.42 Å². The van der Waals surface area contributed by atoms with Crippen LogP contribution < -0.4 is 0 Å². The average molecular weight is 371 g/mol. The number of hydrogen-bond acceptors (Lipinski definition) is 5. The number of carbonyl (C=O) groups is 1. The smallest absolute Gasteiger partial charge is 0.363 e. The lowest BCUT2D eigenvalue weighted by atomic mass is 10.0. The molecule has 0 unspecified atom stereocenters. The van der Waals surface area contributed by atoms with Crippen molar-refractivity contribution in [3.63, 3.8) is 0 Å². The maximum Gasteiger partial charge on any atom is 0.431 e. The zero-order valence-corrected chi connectivity index (χ0v) is 11.6. The van der Waals surface area contributed by atoms with Crippen LogP contribution in [0.2, 0.25) is 0 Å². The molecule has 0 rings (SSSR count). The van der Waals surface area contributed by atoms with Crippen LogP contribution in [0, 0.1) is 35.4 Å². The monoisotopic (exact) mass is 371 g/mol. The van der Waals surface area contributed by atoms with Gasteiger partial charge in [0.15, 0.2) is 5.57 Å². The molecule has 0 aliphatic heterocycles. The van der Waals surface area contributed by atoms with Crippen LogP contribution in [0.15, 0.2) is 5.57 Å². The van der Waals surface area contributed by atoms with Gasteiger partial charge in [-0.05, 0) is 0 Å². The predicted octanol–water partition coefficient (Wildman–Crippen LogP) is 1.82. The van der Waals surface area contributed by atoms with Crippen molar-refractivity contribution in [3.05, 3.63) is 33.9 Å². The first-order valence-electron chi connectivity index (χ1n) is 4.95. The zero-order chi connectivity index (χ0) is 19.6. The summed E-state index contributed by atoms with van der Waals surface area (Å²) in [5.41, 5.74) is -4.61. The summed E-state index contributed by atoms with van der Waals surface area (Å²) in [6.07, 6.45) is 0. The van der Waals surface area contributed by atoms with Crippen molar-refractivity contribution in [2.75, 3.05) is 0 Å². The molecule has 14 heteroatoms. The Morgan fingerprint density at radius 3 is 1.83 bits per heavy atom. The fraction of sp³-hybridized carbons (Fsp3) is 0.300. The summed E-state index contributed by atoms with van der Waals surface area (Å²) in [6.45, 7) is 12.3. The lowest BCUT2D eigenvalue weighted by Gasteiger charge is -2.31. The number of hydrogen-bond donors (Lipinski definition) is 1. The standard InChI is InChI=1S/C10HF6N4O3S/c1-19-7(20-2)24(22,23)10(15,16)9(13,14)8(11,12)6(21)5(3-17)4-18/h17H/q-1. The third kappa shape index (κ3) is 2.67. The van der Waals surface area contributed by atoms with E-state index in [1.165, 1.54) is 0 Å². The number of nitrogens with one attached hydrogen (secondary N) is 1. The van der Waals surface area contributed by atoms with E-state index in [1.807, 2.05) is 0 Å². The van der Waals surface area contributed by atoms with Crippen LogP contribution in [0.4, 0.5) is 26.3 Å². The van der Waals surface area contributed by atoms with Crippen LogP contribution in [0.25, 0.3) is 9.69 Å². The number of alkyl halides is 6. The number of halogens is 6. The second-order valence-electron chi connectivity index (χ2n) is 3.62. The van der Waals surface area contributed by atoms with Gasteiger partial charge < -0.3 is 9.69 Å². The Morgan fingerprint density at radius 1 is 1.12 bits per heavy atom. The fourth-order valence-electron chi connectivity index (χ4n) is 1.05. The van der Waals surface area contributed by atoms with Gasteiger partial charge in [0.1, 0.15) is 6.07 Å². The van der Waals surface area contributed by atoms with E-state index >= 15 is 0 Å². The molecule has 0 spiro atoms. The number of ketones is 1. The summed E-state index contributed by atoms with van der Waals surface area (Å²) in [4.78, 5) is 14.5. The summed E-state index contributed by atoms with van der Waals surface area (Å²) in [7, 11) is -6.88. The highest BCUT2D eigenvalue weighted by Crippen LogP contribution is 2.51. The van der Waals surface area contributed by atoms with Crippen LogP contribution in [0.5, 0.6) is 0 Å². The molecular formula is C10HF6N4O3S-. The average Bonchev–Trinajstić information content (AvgIpc) is 2.48. The summed E-state index contributed by atoms with van der Waals surface area (Å²) in [6, 6.07) is 0.524. The first kappa shape index (κ1) is 21.0. The third-order valence-electron chi connectivity index (χ3n) is 2.28. The number of sulfone groups is 1. The summed E-state index contributed by atoms with van der Waals surface area (Å²) in [5, 5.41) is 7.73. The summed E-state index contributed by atoms with van der Waals surface area (Å²) >= 11 is 0. The SMILES string of the molecule is [C-]#[N+][C-]([N+]#[C-])S(=O)(=O)C(F)(F)C(F)(F)C(F)(F)C(=O)C(=C=N)C#N. The minimum absolute atomic E-state index is 0.524. The highest BCUT2D eigenvalue weighted by atomic mass is 32.2. The third-order valence-corrected chi connectivity index (χ3v) is 3.87. The minimum atomic E-state index is -6.95. The fourth-order valence-corrected chi connectivity index (χ4v) is 1.98. The molecule has 0 radical (unpaired) electrons. The van der Waals surface area contributed by atoms with E-state index in [0.29, 0.717) is 11.9 Å². The molecule has 24 heavy (non-hydrogen) atoms. The van der Waals surface area contributed by atoms with Crippen LogP contribution >= 0.6 is 0 Å². The first-order chi connectivity index (χ1) is 10.7. The summed E-state index contributed by atoms with van der Waals surface area (Å²) < 4.78 is 103. The van der Waals surface area contributed by atoms with Crippen molar-refractivity contribution < 1.29 is 39.6 Å². The second-order valence-corrected chi connectivity index (χ2v) is 5.50. The van der Waals surface area contributed by atoms with Crippen LogP contribution in [-0.2, 0) is 14.6 Å². The molecule has 0 saturated heterocycles. The van der Waals surface area contributed by atoms with E-state index < -0.39 is 43.8 Å². The molecule has 0 bridgehead atoms. The number of nitrogens with zero attached hydrogens (tertiary/aromatic N) is 3. The van der Waals surface area contributed by atoms with Crippen molar-refractivity contribution >= 4 is 21.5 Å². The molecule has 1 N–H and O–H groups in total. The Kier molecular flexibility index (Phi) is 5.46. The molecule has 0 aromatic heterocycles. The molecule has 0 aromatic rings. The van der Waals surface area contributed by atoms with Crippen molar-refractivity contribution in [2.45, 2.75) is 17.1 Å². The van der Waals surface area contributed by atoms with Gasteiger partial charge in [-0.3, -0.25) is 23.3 Å². The van der Waals surface area contributed by atoms with E-state index in [9.17, 15) is 39.6 Å². The molecular weight excluding hydrogens is 370 g/mol. The topological polar surface area (TPSA) is 108 Å². The molecule has 0 aromatic carbocycles. The van der Waals surface area contributed by atoms with Crippen LogP contribution in [-0.4, -0.2) is 37.2 Å². The molecule has 0 heterocycles. The van der Waals surface area contributed by atoms with E-state index in [4.69, 9.17) is 23.8 Å². The van der Waals surface area contributed by atoms with E-state index in [0.717, 1.165) is 0 Å². The molecule has 7 nitrogen and oxygen atoms in total. The van der Waals surface area contributed by atoms with Gasteiger partial charge in [0.05, 0.1) is 0 Å². The first-order valence-corrected chi connectivity index (χ1v) is 6.43. The van der Waals surface area contributed by atoms with Crippen molar-refractivity contribution in [3.8, 4) is 6.07 Å². The van der Waals surface area contributed by atoms with Crippen molar-refractivity contribution in [2.24, 2.45) is 0 Å². The Labute approximate surface area is 129 Å². The number of rotatable bonds is 6. The van der Waals surface area contributed by atoms with Gasteiger partial charge in [-0.15, -0.1) is 0 Å². The number of nitriles is 1. The van der Waals surface area contributed by atoms with E-state index in [-0.39, 0.29) is 0 Å². The van der Waals surface area contributed by atoms with Gasteiger partial charge in [0.25, 0.3) is 15.6 Å². The molecule has 0 fully saturated rings. The summed E-state index contributed by atoms with van der Waals surface area (Å²) in [5.74, 6) is -16.0. The molecule has 0 amide bonds. The van der Waals surface area contributed by atoms with Crippen LogP contribution in [0.1, 0.15) is 0 Å². The van der Waals surface area contributed by atoms with Gasteiger partial charge in [-0.1, -0.05) is 0 Å². The Hall–Kier alpha value is -3.01. The molecule has 0 aliphatic rings. The number of allylic oxidation sites excluding steroid dienone is 1. The highest BCUT2D eigenvalue weighted by Gasteiger charge is 2.80. The largest absolute Gasteiger partial charge is 0.431 e. The Morgan fingerprint density at radius 2 is 1.54 bits per heavy atom. The van der Waals surface area contributed by atoms with Crippen LogP contribution in [0.3, 0.4) is 0 Å². The quantitative estimate of drug-likeness (QED) is 0.253. The zero-order valence-electron chi connectivity index (χ0n) is 10.7. The van der Waals surface area contributed by atoms with Crippen molar-refractivity contribution in [1.82, 2.24) is 0 Å². The Bertz CT molecular complexity index is 825. The number of carbonyl (C=O) groups excluding carboxylic acids is 1. The minimum Gasteiger partial charge on any atom is -0.363 e. The highest BCUT2D eigenvalue weighted by molar-refractivity contribution is 7.95. The maximum absolute atomic E-state index is 13.5. The Balaban J connectivity index is 6.49. The lowest BCUT2D eigenvalue weighted by Crippen LogP contribution is -2.61. The van der Waals surface area contributed by atoms with Gasteiger partial charge in [0, 0.05) is 5.87 Å². The number of Topliss-reactive ketones (excluding diaryl/α,β-unsaturated/α-hetero) is 1. The van der Waals surface area contributed by atoms with Gasteiger partial charge in [0.2, 0.25) is 0 Å². The molecule has 128 valence electrons. The molecule has 0 aliphatic carbocycles. The van der Waals surface area contributed by atoms with Gasteiger partial charge >= 0.3 is 22.6 Å². The lowest BCUT2D eigenvalue weighted by molar-refractivity contribution is -0.265. The van der Waals surface area contributed by atoms with Crippen molar-refractivity contribution in [1.29, 1.82) is 10.7 Å². The predicted molar refractivity (Wildman–Crippen MR) is 62.1 cm³/mol.